The SMILES string of the molecule is COc1cc(C(C)NC(=O)CCc2nc3c([nH]2)c(=O)[nH]c(=O)n3C)ccc1OC1CCCC1. The lowest BCUT2D eigenvalue weighted by Gasteiger charge is -2.19. The molecule has 1 atom stereocenters. The summed E-state index contributed by atoms with van der Waals surface area (Å²) in [6, 6.07) is 5.49. The number of carbonyl (C=O) groups excluding carboxylic acids is 1. The van der Waals surface area contributed by atoms with Crippen molar-refractivity contribution in [2.45, 2.75) is 57.6 Å². The maximum atomic E-state index is 12.5. The van der Waals surface area contributed by atoms with Crippen molar-refractivity contribution in [3.05, 3.63) is 50.4 Å². The van der Waals surface area contributed by atoms with Gasteiger partial charge < -0.3 is 19.8 Å². The number of nitrogens with one attached hydrogen (secondary N) is 3. The van der Waals surface area contributed by atoms with Crippen molar-refractivity contribution in [3.8, 4) is 11.5 Å². The van der Waals surface area contributed by atoms with E-state index in [9.17, 15) is 14.4 Å². The average molecular weight is 456 g/mol. The maximum Gasteiger partial charge on any atom is 0.329 e. The van der Waals surface area contributed by atoms with Gasteiger partial charge in [-0.2, -0.15) is 0 Å². The molecular formula is C23H29N5O5. The first-order valence-electron chi connectivity index (χ1n) is 11.2. The van der Waals surface area contributed by atoms with E-state index in [1.54, 1.807) is 7.11 Å². The lowest BCUT2D eigenvalue weighted by molar-refractivity contribution is -0.121. The quantitative estimate of drug-likeness (QED) is 0.477. The monoisotopic (exact) mass is 455 g/mol. The second kappa shape index (κ2) is 9.51. The second-order valence-electron chi connectivity index (χ2n) is 8.42. The number of methoxy groups -OCH3 is 1. The molecule has 176 valence electrons. The molecule has 1 saturated carbocycles. The Bertz CT molecular complexity index is 1270. The zero-order valence-electron chi connectivity index (χ0n) is 19.1. The Morgan fingerprint density at radius 1 is 1.24 bits per heavy atom. The van der Waals surface area contributed by atoms with Crippen LogP contribution in [-0.4, -0.2) is 38.6 Å². The Morgan fingerprint density at radius 3 is 2.73 bits per heavy atom. The van der Waals surface area contributed by atoms with Crippen molar-refractivity contribution < 1.29 is 14.3 Å². The summed E-state index contributed by atoms with van der Waals surface area (Å²) in [6.07, 6.45) is 5.22. The fraction of sp³-hybridized carbons (Fsp3) is 0.478. The molecule has 3 N–H and O–H groups in total. The molecule has 0 radical (unpaired) electrons. The Kier molecular flexibility index (Phi) is 6.52. The fourth-order valence-corrected chi connectivity index (χ4v) is 4.14. The Morgan fingerprint density at radius 2 is 2.00 bits per heavy atom. The number of carbonyl (C=O) groups is 1. The lowest BCUT2D eigenvalue weighted by atomic mass is 10.1. The first kappa shape index (κ1) is 22.6. The van der Waals surface area contributed by atoms with Crippen LogP contribution >= 0.6 is 0 Å². The van der Waals surface area contributed by atoms with Gasteiger partial charge in [0, 0.05) is 19.9 Å². The van der Waals surface area contributed by atoms with Crippen LogP contribution < -0.4 is 26.0 Å². The largest absolute Gasteiger partial charge is 0.493 e. The molecule has 1 amide bonds. The van der Waals surface area contributed by atoms with Gasteiger partial charge in [-0.05, 0) is 50.3 Å². The highest BCUT2D eigenvalue weighted by Crippen LogP contribution is 2.33. The summed E-state index contributed by atoms with van der Waals surface area (Å²) in [7, 11) is 3.13. The Hall–Kier alpha value is -3.56. The van der Waals surface area contributed by atoms with E-state index < -0.39 is 11.2 Å². The van der Waals surface area contributed by atoms with Crippen LogP contribution in [0.25, 0.3) is 11.2 Å². The number of fused-ring (bicyclic) bond motifs is 1. The molecule has 0 spiro atoms. The number of aromatic amines is 2. The molecule has 4 rings (SSSR count). The van der Waals surface area contributed by atoms with E-state index in [4.69, 9.17) is 9.47 Å². The summed E-state index contributed by atoms with van der Waals surface area (Å²) in [5.74, 6) is 1.69. The maximum absolute atomic E-state index is 12.5. The summed E-state index contributed by atoms with van der Waals surface area (Å²) >= 11 is 0. The molecule has 10 heteroatoms. The molecule has 0 saturated heterocycles. The van der Waals surface area contributed by atoms with Crippen LogP contribution in [0.5, 0.6) is 11.5 Å². The standard InChI is InChI=1S/C23H29N5O5/c1-13(14-8-9-16(17(12-14)32-3)33-15-6-4-5-7-15)24-19(29)11-10-18-25-20-21(26-18)28(2)23(31)27-22(20)30/h8-9,12-13,15H,4-7,10-11H2,1-3H3,(H,24,29)(H,25,26)(H,27,30,31). The number of hydrogen-bond donors (Lipinski definition) is 3. The molecule has 10 nitrogen and oxygen atoms in total. The number of amides is 1. The van der Waals surface area contributed by atoms with E-state index in [0.717, 1.165) is 24.2 Å². The summed E-state index contributed by atoms with van der Waals surface area (Å²) in [5, 5.41) is 2.98. The summed E-state index contributed by atoms with van der Waals surface area (Å²) < 4.78 is 12.8. The van der Waals surface area contributed by atoms with Crippen LogP contribution in [0.15, 0.2) is 27.8 Å². The third-order valence-corrected chi connectivity index (χ3v) is 6.05. The van der Waals surface area contributed by atoms with Crippen molar-refractivity contribution in [1.29, 1.82) is 0 Å². The van der Waals surface area contributed by atoms with E-state index in [1.807, 2.05) is 25.1 Å². The first-order chi connectivity index (χ1) is 15.9. The predicted octanol–water partition coefficient (Wildman–Crippen LogP) is 2.09. The number of aromatic nitrogens is 4. The summed E-state index contributed by atoms with van der Waals surface area (Å²) in [5.41, 5.74) is 0.322. The number of ether oxygens (including phenoxy) is 2. The van der Waals surface area contributed by atoms with Crippen LogP contribution in [0.1, 0.15) is 56.5 Å². The van der Waals surface area contributed by atoms with Crippen molar-refractivity contribution in [2.75, 3.05) is 7.11 Å². The smallest absolute Gasteiger partial charge is 0.329 e. The van der Waals surface area contributed by atoms with Gasteiger partial charge in [0.05, 0.1) is 19.3 Å². The molecule has 33 heavy (non-hydrogen) atoms. The highest BCUT2D eigenvalue weighted by Gasteiger charge is 2.20. The van der Waals surface area contributed by atoms with Gasteiger partial charge in [0.2, 0.25) is 5.91 Å². The van der Waals surface area contributed by atoms with E-state index in [1.165, 1.54) is 24.5 Å². The third kappa shape index (κ3) is 4.94. The van der Waals surface area contributed by atoms with Crippen LogP contribution in [0.2, 0.25) is 0 Å². The molecule has 1 aliphatic rings. The normalized spacial score (nSPS) is 15.0. The van der Waals surface area contributed by atoms with Gasteiger partial charge in [0.1, 0.15) is 11.3 Å². The van der Waals surface area contributed by atoms with E-state index in [-0.39, 0.29) is 35.6 Å². The average Bonchev–Trinajstić information content (AvgIpc) is 3.46. The molecule has 1 aromatic carbocycles. The number of hydrogen-bond acceptors (Lipinski definition) is 6. The molecular weight excluding hydrogens is 426 g/mol. The molecule has 1 aliphatic carbocycles. The van der Waals surface area contributed by atoms with Gasteiger partial charge >= 0.3 is 5.69 Å². The predicted molar refractivity (Wildman–Crippen MR) is 123 cm³/mol. The second-order valence-corrected chi connectivity index (χ2v) is 8.42. The van der Waals surface area contributed by atoms with Gasteiger partial charge in [0.25, 0.3) is 5.56 Å². The number of benzene rings is 1. The number of imidazole rings is 1. The number of rotatable bonds is 8. The first-order valence-corrected chi connectivity index (χ1v) is 11.2. The Labute approximate surface area is 190 Å². The van der Waals surface area contributed by atoms with Gasteiger partial charge in [-0.1, -0.05) is 6.07 Å². The molecule has 0 bridgehead atoms. The molecule has 2 aromatic heterocycles. The fourth-order valence-electron chi connectivity index (χ4n) is 4.14. The minimum Gasteiger partial charge on any atom is -0.493 e. The van der Waals surface area contributed by atoms with Crippen LogP contribution in [-0.2, 0) is 18.3 Å². The van der Waals surface area contributed by atoms with E-state index >= 15 is 0 Å². The molecule has 1 fully saturated rings. The van der Waals surface area contributed by atoms with Gasteiger partial charge in [0.15, 0.2) is 17.1 Å². The molecule has 1 unspecified atom stereocenters. The number of aryl methyl sites for hydroxylation is 2. The zero-order chi connectivity index (χ0) is 23.5. The molecule has 2 heterocycles. The molecule has 3 aromatic rings. The van der Waals surface area contributed by atoms with E-state index in [0.29, 0.717) is 18.0 Å². The third-order valence-electron chi connectivity index (χ3n) is 6.05. The number of nitrogens with zero attached hydrogens (tertiary/aromatic N) is 2. The van der Waals surface area contributed by atoms with Crippen LogP contribution in [0.4, 0.5) is 0 Å². The summed E-state index contributed by atoms with van der Waals surface area (Å²) in [4.78, 5) is 45.6. The van der Waals surface area contributed by atoms with Crippen molar-refractivity contribution >= 4 is 17.1 Å². The van der Waals surface area contributed by atoms with Crippen LogP contribution in [0.3, 0.4) is 0 Å². The van der Waals surface area contributed by atoms with E-state index in [2.05, 4.69) is 20.3 Å². The summed E-state index contributed by atoms with van der Waals surface area (Å²) in [6.45, 7) is 1.90. The number of H-pyrrole nitrogens is 2. The highest BCUT2D eigenvalue weighted by molar-refractivity contribution is 5.77. The van der Waals surface area contributed by atoms with Gasteiger partial charge in [-0.25, -0.2) is 9.78 Å². The minimum absolute atomic E-state index is 0.156. The minimum atomic E-state index is -0.535. The van der Waals surface area contributed by atoms with Gasteiger partial charge in [-0.3, -0.25) is 19.1 Å². The topological polar surface area (TPSA) is 131 Å². The van der Waals surface area contributed by atoms with Crippen molar-refractivity contribution in [1.82, 2.24) is 24.8 Å². The molecule has 0 aliphatic heterocycles. The van der Waals surface area contributed by atoms with Gasteiger partial charge in [-0.15, -0.1) is 0 Å². The van der Waals surface area contributed by atoms with Crippen LogP contribution in [0, 0.1) is 0 Å². The zero-order valence-corrected chi connectivity index (χ0v) is 19.1. The van der Waals surface area contributed by atoms with Crippen molar-refractivity contribution in [3.63, 3.8) is 0 Å². The van der Waals surface area contributed by atoms with Crippen molar-refractivity contribution in [2.24, 2.45) is 7.05 Å². The Balaban J connectivity index is 1.38. The highest BCUT2D eigenvalue weighted by atomic mass is 16.5. The lowest BCUT2D eigenvalue weighted by Crippen LogP contribution is -2.28.